The second kappa shape index (κ2) is 6.13. The van der Waals surface area contributed by atoms with Crippen LogP contribution in [0.2, 0.25) is 0 Å². The number of hydrogen-bond donors (Lipinski definition) is 1. The molecule has 0 atom stereocenters. The zero-order valence-electron chi connectivity index (χ0n) is 10.3. The van der Waals surface area contributed by atoms with E-state index in [0.29, 0.717) is 13.1 Å². The molecule has 0 aliphatic heterocycles. The van der Waals surface area contributed by atoms with E-state index in [-0.39, 0.29) is 0 Å². The van der Waals surface area contributed by atoms with E-state index in [0.717, 1.165) is 22.5 Å². The largest absolute Gasteiger partial charge is 0.360 e. The lowest BCUT2D eigenvalue weighted by Crippen LogP contribution is -2.17. The van der Waals surface area contributed by atoms with Crippen molar-refractivity contribution >= 4 is 15.9 Å². The maximum atomic E-state index is 5.50. The second-order valence-electron chi connectivity index (χ2n) is 4.25. The lowest BCUT2D eigenvalue weighted by molar-refractivity contribution is 0.265. The molecule has 2 rings (SSSR count). The molecule has 0 spiro atoms. The van der Waals surface area contributed by atoms with Gasteiger partial charge in [0.1, 0.15) is 0 Å². The van der Waals surface area contributed by atoms with Gasteiger partial charge in [0.25, 0.3) is 0 Å². The standard InChI is InChI=1S/C13H16BrN3O/c1-17(8-10-4-2-3-5-13(10)14)9-12-6-11(7-15)16-18-12/h2-6H,7-9,15H2,1H3. The van der Waals surface area contributed by atoms with Crippen LogP contribution in [0.15, 0.2) is 39.3 Å². The first-order chi connectivity index (χ1) is 8.69. The van der Waals surface area contributed by atoms with E-state index in [4.69, 9.17) is 10.3 Å². The van der Waals surface area contributed by atoms with Crippen LogP contribution in [-0.4, -0.2) is 17.1 Å². The average Bonchev–Trinajstić information content (AvgIpc) is 2.80. The molecule has 1 heterocycles. The fourth-order valence-electron chi connectivity index (χ4n) is 1.77. The highest BCUT2D eigenvalue weighted by atomic mass is 79.9. The Bertz CT molecular complexity index is 512. The summed E-state index contributed by atoms with van der Waals surface area (Å²) in [5.74, 6) is 0.838. The molecule has 0 aliphatic rings. The van der Waals surface area contributed by atoms with Crippen LogP contribution < -0.4 is 5.73 Å². The van der Waals surface area contributed by atoms with Crippen molar-refractivity contribution in [1.82, 2.24) is 10.1 Å². The Balaban J connectivity index is 1.96. The minimum Gasteiger partial charge on any atom is -0.360 e. The van der Waals surface area contributed by atoms with Gasteiger partial charge in [-0.25, -0.2) is 0 Å². The number of nitrogens with zero attached hydrogens (tertiary/aromatic N) is 2. The summed E-state index contributed by atoms with van der Waals surface area (Å²) in [4.78, 5) is 2.17. The zero-order chi connectivity index (χ0) is 13.0. The van der Waals surface area contributed by atoms with E-state index in [1.807, 2.05) is 31.3 Å². The van der Waals surface area contributed by atoms with Crippen LogP contribution >= 0.6 is 15.9 Å². The van der Waals surface area contributed by atoms with Gasteiger partial charge in [-0.1, -0.05) is 39.3 Å². The molecule has 2 N–H and O–H groups in total. The lowest BCUT2D eigenvalue weighted by Gasteiger charge is -2.15. The molecule has 1 aromatic heterocycles. The number of rotatable bonds is 5. The van der Waals surface area contributed by atoms with E-state index in [2.05, 4.69) is 32.1 Å². The van der Waals surface area contributed by atoms with Crippen LogP contribution in [0, 0.1) is 0 Å². The Kier molecular flexibility index (Phi) is 4.52. The Morgan fingerprint density at radius 2 is 2.11 bits per heavy atom. The summed E-state index contributed by atoms with van der Waals surface area (Å²) in [5, 5.41) is 3.88. The van der Waals surface area contributed by atoms with Gasteiger partial charge < -0.3 is 10.3 Å². The zero-order valence-corrected chi connectivity index (χ0v) is 11.9. The van der Waals surface area contributed by atoms with Crippen molar-refractivity contribution in [3.05, 3.63) is 51.8 Å². The van der Waals surface area contributed by atoms with Crippen LogP contribution in [0.25, 0.3) is 0 Å². The van der Waals surface area contributed by atoms with Crippen LogP contribution in [0.4, 0.5) is 0 Å². The Hall–Kier alpha value is -1.17. The van der Waals surface area contributed by atoms with Crippen LogP contribution in [0.5, 0.6) is 0 Å². The Labute approximate surface area is 115 Å². The highest BCUT2D eigenvalue weighted by Crippen LogP contribution is 2.18. The lowest BCUT2D eigenvalue weighted by atomic mass is 10.2. The maximum absolute atomic E-state index is 5.50. The third kappa shape index (κ3) is 3.41. The quantitative estimate of drug-likeness (QED) is 0.922. The summed E-state index contributed by atoms with van der Waals surface area (Å²) in [6.45, 7) is 1.98. The van der Waals surface area contributed by atoms with Gasteiger partial charge in [0.2, 0.25) is 0 Å². The molecule has 0 saturated heterocycles. The summed E-state index contributed by atoms with van der Waals surface area (Å²) < 4.78 is 6.33. The molecule has 18 heavy (non-hydrogen) atoms. The highest BCUT2D eigenvalue weighted by Gasteiger charge is 2.08. The number of aromatic nitrogens is 1. The fraction of sp³-hybridized carbons (Fsp3) is 0.308. The molecule has 0 fully saturated rings. The van der Waals surface area contributed by atoms with E-state index in [1.54, 1.807) is 0 Å². The topological polar surface area (TPSA) is 55.3 Å². The van der Waals surface area contributed by atoms with E-state index in [9.17, 15) is 0 Å². The van der Waals surface area contributed by atoms with Crippen LogP contribution in [0.1, 0.15) is 17.0 Å². The molecule has 0 unspecified atom stereocenters. The molecule has 0 aliphatic carbocycles. The molecule has 0 saturated carbocycles. The van der Waals surface area contributed by atoms with Gasteiger partial charge >= 0.3 is 0 Å². The van der Waals surface area contributed by atoms with Gasteiger partial charge in [0.15, 0.2) is 5.76 Å². The van der Waals surface area contributed by atoms with Crippen molar-refractivity contribution in [2.75, 3.05) is 7.05 Å². The summed E-state index contributed by atoms with van der Waals surface area (Å²) in [6.07, 6.45) is 0. The smallest absolute Gasteiger partial charge is 0.151 e. The van der Waals surface area contributed by atoms with Crippen molar-refractivity contribution in [3.8, 4) is 0 Å². The molecular formula is C13H16BrN3O. The summed E-state index contributed by atoms with van der Waals surface area (Å²) in [7, 11) is 2.05. The molecular weight excluding hydrogens is 294 g/mol. The summed E-state index contributed by atoms with van der Waals surface area (Å²) >= 11 is 3.55. The molecule has 4 nitrogen and oxygen atoms in total. The minimum absolute atomic E-state index is 0.414. The van der Waals surface area contributed by atoms with Crippen LogP contribution in [0.3, 0.4) is 0 Å². The van der Waals surface area contributed by atoms with Gasteiger partial charge in [-0.15, -0.1) is 0 Å². The third-order valence-electron chi connectivity index (χ3n) is 2.64. The van der Waals surface area contributed by atoms with Gasteiger partial charge in [-0.05, 0) is 18.7 Å². The van der Waals surface area contributed by atoms with Gasteiger partial charge in [-0.2, -0.15) is 0 Å². The normalized spacial score (nSPS) is 11.1. The van der Waals surface area contributed by atoms with Gasteiger partial charge in [0.05, 0.1) is 12.2 Å². The third-order valence-corrected chi connectivity index (χ3v) is 3.41. The number of halogens is 1. The number of nitrogens with two attached hydrogens (primary N) is 1. The SMILES string of the molecule is CN(Cc1cc(CN)no1)Cc1ccccc1Br. The molecule has 96 valence electrons. The van der Waals surface area contributed by atoms with E-state index >= 15 is 0 Å². The predicted molar refractivity (Wildman–Crippen MR) is 73.7 cm³/mol. The highest BCUT2D eigenvalue weighted by molar-refractivity contribution is 9.10. The number of hydrogen-bond acceptors (Lipinski definition) is 4. The van der Waals surface area contributed by atoms with Crippen molar-refractivity contribution in [2.45, 2.75) is 19.6 Å². The molecule has 1 aromatic carbocycles. The number of benzene rings is 1. The predicted octanol–water partition coefficient (Wildman–Crippen LogP) is 2.53. The monoisotopic (exact) mass is 309 g/mol. The first kappa shape index (κ1) is 13.3. The van der Waals surface area contributed by atoms with Crippen molar-refractivity contribution in [3.63, 3.8) is 0 Å². The van der Waals surface area contributed by atoms with Gasteiger partial charge in [-0.3, -0.25) is 4.90 Å². The summed E-state index contributed by atoms with van der Waals surface area (Å²) in [5.41, 5.74) is 7.53. The first-order valence-corrected chi connectivity index (χ1v) is 6.55. The summed E-state index contributed by atoms with van der Waals surface area (Å²) in [6, 6.07) is 10.1. The molecule has 2 aromatic rings. The average molecular weight is 310 g/mol. The first-order valence-electron chi connectivity index (χ1n) is 5.75. The van der Waals surface area contributed by atoms with Crippen molar-refractivity contribution in [2.24, 2.45) is 5.73 Å². The van der Waals surface area contributed by atoms with Gasteiger partial charge in [0, 0.05) is 23.6 Å². The second-order valence-corrected chi connectivity index (χ2v) is 5.11. The molecule has 0 amide bonds. The van der Waals surface area contributed by atoms with Crippen LogP contribution in [-0.2, 0) is 19.6 Å². The molecule has 0 radical (unpaired) electrons. The Morgan fingerprint density at radius 1 is 1.33 bits per heavy atom. The Morgan fingerprint density at radius 3 is 2.78 bits per heavy atom. The minimum atomic E-state index is 0.414. The van der Waals surface area contributed by atoms with E-state index < -0.39 is 0 Å². The maximum Gasteiger partial charge on any atom is 0.151 e. The molecule has 5 heteroatoms. The van der Waals surface area contributed by atoms with Crippen molar-refractivity contribution in [1.29, 1.82) is 0 Å². The molecule has 0 bridgehead atoms. The fourth-order valence-corrected chi connectivity index (χ4v) is 2.18. The van der Waals surface area contributed by atoms with Crippen molar-refractivity contribution < 1.29 is 4.52 Å². The van der Waals surface area contributed by atoms with E-state index in [1.165, 1.54) is 5.56 Å².